The quantitative estimate of drug-likeness (QED) is 0.0287. The number of likely N-dealkylation sites (N-methyl/N-ethyl adjacent to an activating group) is 1. The number of rotatable bonds is 69. The number of Topliss-reactive ketones (excluding diaryl/α,β-unsaturated/α-hetero) is 1. The van der Waals surface area contributed by atoms with Crippen molar-refractivity contribution in [2.75, 3.05) is 245 Å². The molecule has 0 saturated carbocycles. The number of carbonyl (C=O) groups excluding carboxylic acids is 15. The van der Waals surface area contributed by atoms with Gasteiger partial charge in [0.25, 0.3) is 0 Å². The zero-order chi connectivity index (χ0) is 99.7. The fraction of sp³-hybridized carbons (Fsp3) is 0.635. The molecule has 40 heteroatoms. The minimum Gasteiger partial charge on any atom is -0.383 e. The molecular formula is C96H153N19O20S. The summed E-state index contributed by atoms with van der Waals surface area (Å²) in [5, 5.41) is 12.5. The number of ether oxygens (including phenoxy) is 5. The molecular weight excluding hydrogens is 1770 g/mol. The zero-order valence-electron chi connectivity index (χ0n) is 81.4. The van der Waals surface area contributed by atoms with Crippen LogP contribution in [-0.2, 0) is 109 Å². The van der Waals surface area contributed by atoms with Crippen LogP contribution in [0.1, 0.15) is 128 Å². The molecule has 2 saturated heterocycles. The van der Waals surface area contributed by atoms with E-state index in [1.54, 1.807) is 19.1 Å². The summed E-state index contributed by atoms with van der Waals surface area (Å²) in [6.07, 6.45) is 9.34. The molecule has 136 heavy (non-hydrogen) atoms. The molecule has 14 amide bonds. The van der Waals surface area contributed by atoms with Gasteiger partial charge in [0, 0.05) is 145 Å². The molecule has 2 fully saturated rings. The lowest BCUT2D eigenvalue weighted by atomic mass is 9.97. The van der Waals surface area contributed by atoms with Gasteiger partial charge in [-0.15, -0.1) is 0 Å². The van der Waals surface area contributed by atoms with Gasteiger partial charge in [0.1, 0.15) is 24.9 Å². The lowest BCUT2D eigenvalue weighted by molar-refractivity contribution is -0.149. The molecule has 2 aliphatic rings. The summed E-state index contributed by atoms with van der Waals surface area (Å²) < 4.78 is 26.1. The molecule has 1 unspecified atom stereocenters. The van der Waals surface area contributed by atoms with Gasteiger partial charge in [0.2, 0.25) is 82.7 Å². The van der Waals surface area contributed by atoms with Gasteiger partial charge in [0.15, 0.2) is 0 Å². The highest BCUT2D eigenvalue weighted by molar-refractivity contribution is 8.00. The number of amides is 14. The van der Waals surface area contributed by atoms with Crippen LogP contribution in [0.15, 0.2) is 84.9 Å². The first-order chi connectivity index (χ1) is 65.5. The minimum atomic E-state index is -0.866. The van der Waals surface area contributed by atoms with Crippen molar-refractivity contribution in [3.63, 3.8) is 0 Å². The van der Waals surface area contributed by atoms with Crippen molar-refractivity contribution >= 4 is 122 Å². The lowest BCUT2D eigenvalue weighted by Crippen LogP contribution is -2.53. The number of nitrogens with two attached hydrogens (primary N) is 5. The normalized spacial score (nSPS) is 13.9. The largest absolute Gasteiger partial charge is 0.383 e. The van der Waals surface area contributed by atoms with Gasteiger partial charge in [-0.3, -0.25) is 76.8 Å². The topological polar surface area (TPSA) is 504 Å². The number of methoxy groups -OCH3 is 5. The third-order valence-electron chi connectivity index (χ3n) is 23.6. The van der Waals surface area contributed by atoms with E-state index in [1.165, 1.54) is 91.3 Å². The van der Waals surface area contributed by atoms with E-state index >= 15 is 9.59 Å². The number of ketones is 1. The first-order valence-electron chi connectivity index (χ1n) is 47.3. The SMILES string of the molecule is COCCN(C)CC(=O)N(CCOC)CC(=O)N[C@@H](CCCCNC(=O)CCCCC1SC[C@@H]2CC(=O)N[C@H]12)C(N)=O.COCCN(CC(=O)N(CCCCN)CC(=O)N(CCOC)CC(=O)N(CCCCN)CC(=O)N(CC(=O)N(CCOC)CC(=O)N(CCCCN)CC(=O)N(CC(=O)N(CCCCN)CC(C)=O)Cc1cccc2ccccc12)Cc1cccc2ccccc12)C(C)=O. The van der Waals surface area contributed by atoms with Crippen molar-refractivity contribution in [3.8, 4) is 0 Å². The first kappa shape index (κ1) is 116. The average Bonchev–Trinajstić information content (AvgIpc) is 1.22. The lowest BCUT2D eigenvalue weighted by Gasteiger charge is -2.33. The number of benzene rings is 4. The maximum atomic E-state index is 15.2. The van der Waals surface area contributed by atoms with Gasteiger partial charge in [-0.2, -0.15) is 11.8 Å². The van der Waals surface area contributed by atoms with Crippen LogP contribution in [0.4, 0.5) is 0 Å². The van der Waals surface area contributed by atoms with E-state index < -0.39 is 111 Å². The monoisotopic (exact) mass is 1920 g/mol. The summed E-state index contributed by atoms with van der Waals surface area (Å²) in [5.74, 6) is -4.89. The molecule has 0 bridgehead atoms. The van der Waals surface area contributed by atoms with Gasteiger partial charge in [-0.25, -0.2) is 0 Å². The van der Waals surface area contributed by atoms with Crippen LogP contribution in [0.5, 0.6) is 0 Å². The third kappa shape index (κ3) is 43.1. The summed E-state index contributed by atoms with van der Waals surface area (Å²) in [7, 11) is 9.25. The predicted molar refractivity (Wildman–Crippen MR) is 520 cm³/mol. The molecule has 2 aliphatic heterocycles. The Hall–Kier alpha value is -10.4. The van der Waals surface area contributed by atoms with Crippen LogP contribution in [0, 0.1) is 5.92 Å². The molecule has 2 heterocycles. The average molecular weight is 1930 g/mol. The fourth-order valence-corrected chi connectivity index (χ4v) is 17.4. The molecule has 4 aromatic rings. The highest BCUT2D eigenvalue weighted by atomic mass is 32.2. The number of unbranched alkanes of at least 4 members (excludes halogenated alkanes) is 6. The van der Waals surface area contributed by atoms with E-state index in [2.05, 4.69) is 16.0 Å². The van der Waals surface area contributed by atoms with E-state index in [9.17, 15) is 62.3 Å². The Morgan fingerprint density at radius 1 is 0.412 bits per heavy atom. The van der Waals surface area contributed by atoms with E-state index in [0.29, 0.717) is 146 Å². The summed E-state index contributed by atoms with van der Waals surface area (Å²) in [6, 6.07) is 25.9. The Morgan fingerprint density at radius 3 is 1.19 bits per heavy atom. The van der Waals surface area contributed by atoms with Gasteiger partial charge in [-0.1, -0.05) is 91.3 Å². The van der Waals surface area contributed by atoms with E-state index in [-0.39, 0.29) is 154 Å². The van der Waals surface area contributed by atoms with Gasteiger partial charge in [-0.05, 0) is 168 Å². The molecule has 4 atom stereocenters. The number of nitrogens with zero attached hydrogens (tertiary/aromatic N) is 11. The first-order valence-corrected chi connectivity index (χ1v) is 48.4. The zero-order valence-corrected chi connectivity index (χ0v) is 82.2. The maximum absolute atomic E-state index is 15.2. The second-order valence-electron chi connectivity index (χ2n) is 34.4. The standard InChI is InChI=1S/C68H103N13O13.C28H50N6O7S/c1-53(82)42-74(32-14-10-28-69)65(88)51-80(43-57-24-18-22-55-20-6-8-26-59(55)57)67(90)49-77(35-17-13-31-72)63(86)48-79(38-41-94-5)66(89)52-81(44-58-25-19-23-56-21-7-9-27-60(56)58)68(91)50-76(34-16-12-30-71)62(85)47-78(37-40-93-4)64(87)46-75(33-15-11-29-70)61(84)45-73(54(2)83)36-39-92-3;1-33(12-14-40-2)18-26(38)34(13-15-41-3)17-25(37)31-21(28(29)39)8-6-7-11-30-23(35)10-5-4-9-22-27-20(19-42-22)16-24(36)32-27/h6-9,18-27H,10-17,28-52,69-72H2,1-5H3;20-22,27H,4-19H2,1-3H3,(H2,29,39)(H,30,35)(H,31,37)(H,32,36)/t;20-,21-,22?,27-/m.0/s1. The number of fused-ring (bicyclic) bond motifs is 3. The molecule has 758 valence electrons. The molecule has 13 N–H and O–H groups in total. The summed E-state index contributed by atoms with van der Waals surface area (Å²) >= 11 is 1.93. The fourth-order valence-electron chi connectivity index (χ4n) is 15.8. The number of hydrogen-bond acceptors (Lipinski definition) is 26. The minimum absolute atomic E-state index is 0.00504. The van der Waals surface area contributed by atoms with Crippen LogP contribution in [-0.4, -0.2) is 405 Å². The highest BCUT2D eigenvalue weighted by Gasteiger charge is 2.43. The second kappa shape index (κ2) is 66.2. The second-order valence-corrected chi connectivity index (χ2v) is 35.6. The molecule has 0 spiro atoms. The van der Waals surface area contributed by atoms with Gasteiger partial charge >= 0.3 is 0 Å². The van der Waals surface area contributed by atoms with Crippen LogP contribution >= 0.6 is 11.8 Å². The summed E-state index contributed by atoms with van der Waals surface area (Å²) in [5.41, 5.74) is 30.4. The number of thioether (sulfide) groups is 1. The van der Waals surface area contributed by atoms with Crippen molar-refractivity contribution in [2.24, 2.45) is 34.6 Å². The third-order valence-corrected chi connectivity index (χ3v) is 25.2. The van der Waals surface area contributed by atoms with Crippen LogP contribution in [0.3, 0.4) is 0 Å². The maximum Gasteiger partial charge on any atom is 0.242 e. The highest BCUT2D eigenvalue weighted by Crippen LogP contribution is 2.39. The Bertz CT molecular complexity index is 4390. The number of primary amides is 1. The van der Waals surface area contributed by atoms with Gasteiger partial charge in [0.05, 0.1) is 91.9 Å². The predicted octanol–water partition coefficient (Wildman–Crippen LogP) is 1.13. The van der Waals surface area contributed by atoms with Crippen LogP contribution in [0.2, 0.25) is 0 Å². The van der Waals surface area contributed by atoms with Gasteiger partial charge < -0.3 is 117 Å². The molecule has 0 radical (unpaired) electrons. The van der Waals surface area contributed by atoms with Crippen molar-refractivity contribution < 1.29 is 95.6 Å². The Morgan fingerprint density at radius 2 is 0.779 bits per heavy atom. The van der Waals surface area contributed by atoms with Crippen molar-refractivity contribution in [1.29, 1.82) is 0 Å². The molecule has 6 rings (SSSR count). The Balaban J connectivity index is 0.000000646. The van der Waals surface area contributed by atoms with E-state index in [4.69, 9.17) is 52.4 Å². The molecule has 39 nitrogen and oxygen atoms in total. The van der Waals surface area contributed by atoms with E-state index in [0.717, 1.165) is 52.1 Å². The molecule has 0 aromatic heterocycles. The Kier molecular flexibility index (Phi) is 56.5. The van der Waals surface area contributed by atoms with Crippen LogP contribution in [0.25, 0.3) is 21.5 Å². The summed E-state index contributed by atoms with van der Waals surface area (Å²) in [4.78, 5) is 219. The van der Waals surface area contributed by atoms with Crippen molar-refractivity contribution in [1.82, 2.24) is 69.8 Å². The smallest absolute Gasteiger partial charge is 0.242 e. The van der Waals surface area contributed by atoms with E-state index in [1.807, 2.05) is 96.7 Å². The molecule has 4 aromatic carbocycles. The van der Waals surface area contributed by atoms with Crippen molar-refractivity contribution in [3.05, 3.63) is 96.1 Å². The Labute approximate surface area is 805 Å². The number of carbonyl (C=O) groups is 15. The summed E-state index contributed by atoms with van der Waals surface area (Å²) in [6.45, 7) is 2.57. The van der Waals surface area contributed by atoms with Crippen LogP contribution < -0.4 is 44.6 Å². The molecule has 0 aliphatic carbocycles. The number of hydrogen-bond donors (Lipinski definition) is 8. The number of nitrogens with one attached hydrogen (secondary N) is 3. The van der Waals surface area contributed by atoms with Crippen molar-refractivity contribution in [2.45, 2.75) is 147 Å².